The van der Waals surface area contributed by atoms with E-state index in [1.54, 1.807) is 18.2 Å². The third-order valence-corrected chi connectivity index (χ3v) is 2.96. The van der Waals surface area contributed by atoms with Gasteiger partial charge in [0.25, 0.3) is 0 Å². The van der Waals surface area contributed by atoms with E-state index in [1.807, 2.05) is 0 Å². The maximum Gasteiger partial charge on any atom is 0.328 e. The molecule has 0 amide bonds. The van der Waals surface area contributed by atoms with E-state index >= 15 is 0 Å². The van der Waals surface area contributed by atoms with Crippen LogP contribution in [0.1, 0.15) is 5.56 Å². The summed E-state index contributed by atoms with van der Waals surface area (Å²) in [6, 6.07) is 8.71. The first kappa shape index (κ1) is 15.2. The first-order chi connectivity index (χ1) is 9.97. The summed E-state index contributed by atoms with van der Waals surface area (Å²) in [4.78, 5) is 10.5. The molecule has 0 radical (unpaired) electrons. The standard InChI is InChI=1S/C15H9BrF2O3/c16-10-7-11(17)15(18)13(8-10)21-12-4-2-1-3-9(12)5-6-14(19)20/h1-8H,(H,19,20)/b6-5+. The van der Waals surface area contributed by atoms with Crippen LogP contribution in [-0.2, 0) is 4.79 Å². The molecular weight excluding hydrogens is 346 g/mol. The zero-order valence-electron chi connectivity index (χ0n) is 10.5. The van der Waals surface area contributed by atoms with Crippen LogP contribution in [0.5, 0.6) is 11.5 Å². The van der Waals surface area contributed by atoms with E-state index in [-0.39, 0.29) is 11.5 Å². The van der Waals surface area contributed by atoms with Crippen molar-refractivity contribution in [1.82, 2.24) is 0 Å². The molecule has 1 N–H and O–H groups in total. The molecule has 3 nitrogen and oxygen atoms in total. The summed E-state index contributed by atoms with van der Waals surface area (Å²) in [5, 5.41) is 8.63. The topological polar surface area (TPSA) is 46.5 Å². The second-order valence-electron chi connectivity index (χ2n) is 4.01. The number of carbonyl (C=O) groups is 1. The van der Waals surface area contributed by atoms with E-state index in [4.69, 9.17) is 9.84 Å². The highest BCUT2D eigenvalue weighted by Crippen LogP contribution is 2.31. The predicted octanol–water partition coefficient (Wildman–Crippen LogP) is 4.62. The molecule has 0 aliphatic heterocycles. The Morgan fingerprint density at radius 2 is 1.90 bits per heavy atom. The summed E-state index contributed by atoms with van der Waals surface area (Å²) in [6.45, 7) is 0. The monoisotopic (exact) mass is 354 g/mol. The quantitative estimate of drug-likeness (QED) is 0.643. The van der Waals surface area contributed by atoms with Gasteiger partial charge in [0.05, 0.1) is 0 Å². The highest BCUT2D eigenvalue weighted by Gasteiger charge is 2.13. The second-order valence-corrected chi connectivity index (χ2v) is 4.93. The maximum absolute atomic E-state index is 13.7. The minimum absolute atomic E-state index is 0.214. The number of benzene rings is 2. The molecule has 0 saturated heterocycles. The fourth-order valence-electron chi connectivity index (χ4n) is 1.60. The third kappa shape index (κ3) is 3.88. The van der Waals surface area contributed by atoms with Crippen LogP contribution in [-0.4, -0.2) is 11.1 Å². The van der Waals surface area contributed by atoms with Gasteiger partial charge in [-0.05, 0) is 24.3 Å². The lowest BCUT2D eigenvalue weighted by Gasteiger charge is -2.10. The smallest absolute Gasteiger partial charge is 0.328 e. The molecule has 2 rings (SSSR count). The third-order valence-electron chi connectivity index (χ3n) is 2.50. The Morgan fingerprint density at radius 1 is 1.19 bits per heavy atom. The summed E-state index contributed by atoms with van der Waals surface area (Å²) >= 11 is 3.05. The molecule has 2 aromatic rings. The van der Waals surface area contributed by atoms with Crippen molar-refractivity contribution < 1.29 is 23.4 Å². The van der Waals surface area contributed by atoms with Crippen molar-refractivity contribution in [2.45, 2.75) is 0 Å². The van der Waals surface area contributed by atoms with Crippen molar-refractivity contribution in [3.05, 3.63) is 64.1 Å². The molecule has 21 heavy (non-hydrogen) atoms. The molecule has 0 atom stereocenters. The highest BCUT2D eigenvalue weighted by atomic mass is 79.9. The molecular formula is C15H9BrF2O3. The van der Waals surface area contributed by atoms with Gasteiger partial charge in [0.15, 0.2) is 11.6 Å². The van der Waals surface area contributed by atoms with Gasteiger partial charge in [0.1, 0.15) is 5.75 Å². The molecule has 0 saturated carbocycles. The summed E-state index contributed by atoms with van der Waals surface area (Å²) in [7, 11) is 0. The average molecular weight is 355 g/mol. The van der Waals surface area contributed by atoms with Crippen molar-refractivity contribution in [1.29, 1.82) is 0 Å². The lowest BCUT2D eigenvalue weighted by Crippen LogP contribution is -1.94. The van der Waals surface area contributed by atoms with Gasteiger partial charge in [0, 0.05) is 16.1 Å². The van der Waals surface area contributed by atoms with Gasteiger partial charge < -0.3 is 9.84 Å². The minimum Gasteiger partial charge on any atom is -0.478 e. The van der Waals surface area contributed by atoms with E-state index in [0.29, 0.717) is 10.0 Å². The Hall–Kier alpha value is -2.21. The summed E-state index contributed by atoms with van der Waals surface area (Å²) in [5.74, 6) is -3.36. The molecule has 6 heteroatoms. The second kappa shape index (κ2) is 6.49. The molecule has 0 bridgehead atoms. The van der Waals surface area contributed by atoms with E-state index < -0.39 is 17.6 Å². The van der Waals surface area contributed by atoms with Crippen molar-refractivity contribution in [2.75, 3.05) is 0 Å². The summed E-state index contributed by atoms with van der Waals surface area (Å²) in [6.07, 6.45) is 2.24. The van der Waals surface area contributed by atoms with Gasteiger partial charge in [-0.3, -0.25) is 0 Å². The fraction of sp³-hybridized carbons (Fsp3) is 0. The molecule has 0 aliphatic carbocycles. The molecule has 0 aliphatic rings. The van der Waals surface area contributed by atoms with Crippen LogP contribution >= 0.6 is 15.9 Å². The number of rotatable bonds is 4. The van der Waals surface area contributed by atoms with E-state index in [1.165, 1.54) is 18.2 Å². The van der Waals surface area contributed by atoms with Gasteiger partial charge in [-0.2, -0.15) is 4.39 Å². The maximum atomic E-state index is 13.7. The van der Waals surface area contributed by atoms with Gasteiger partial charge in [0.2, 0.25) is 5.82 Å². The Morgan fingerprint density at radius 3 is 2.62 bits per heavy atom. The molecule has 0 unspecified atom stereocenters. The number of ether oxygens (including phenoxy) is 1. The van der Waals surface area contributed by atoms with E-state index in [0.717, 1.165) is 12.1 Å². The number of aliphatic carboxylic acids is 1. The van der Waals surface area contributed by atoms with Crippen molar-refractivity contribution in [2.24, 2.45) is 0 Å². The zero-order chi connectivity index (χ0) is 15.4. The predicted molar refractivity (Wildman–Crippen MR) is 77.2 cm³/mol. The zero-order valence-corrected chi connectivity index (χ0v) is 12.1. The lowest BCUT2D eigenvalue weighted by atomic mass is 10.2. The van der Waals surface area contributed by atoms with Gasteiger partial charge in [-0.25, -0.2) is 9.18 Å². The Kier molecular flexibility index (Phi) is 4.70. The van der Waals surface area contributed by atoms with Crippen LogP contribution in [0.15, 0.2) is 46.9 Å². The van der Waals surface area contributed by atoms with Gasteiger partial charge >= 0.3 is 5.97 Å². The number of hydrogen-bond donors (Lipinski definition) is 1. The Labute approximate surface area is 127 Å². The molecule has 0 fully saturated rings. The first-order valence-electron chi connectivity index (χ1n) is 5.80. The average Bonchev–Trinajstić information content (AvgIpc) is 2.43. The highest BCUT2D eigenvalue weighted by molar-refractivity contribution is 9.10. The summed E-state index contributed by atoms with van der Waals surface area (Å²) in [5.41, 5.74) is 0.430. The molecule has 108 valence electrons. The van der Waals surface area contributed by atoms with Crippen LogP contribution in [0.4, 0.5) is 8.78 Å². The number of carboxylic acid groups (broad SMARTS) is 1. The van der Waals surface area contributed by atoms with Crippen LogP contribution in [0.25, 0.3) is 6.08 Å². The lowest BCUT2D eigenvalue weighted by molar-refractivity contribution is -0.131. The van der Waals surface area contributed by atoms with Crippen LogP contribution in [0.3, 0.4) is 0 Å². The Bertz CT molecular complexity index is 714. The minimum atomic E-state index is -1.12. The molecule has 0 aromatic heterocycles. The SMILES string of the molecule is O=C(O)/C=C/c1ccccc1Oc1cc(Br)cc(F)c1F. The van der Waals surface area contributed by atoms with Crippen LogP contribution < -0.4 is 4.74 Å². The molecule has 0 heterocycles. The van der Waals surface area contributed by atoms with Gasteiger partial charge in [-0.1, -0.05) is 34.1 Å². The molecule has 2 aromatic carbocycles. The largest absolute Gasteiger partial charge is 0.478 e. The number of halogens is 3. The number of hydrogen-bond acceptors (Lipinski definition) is 2. The van der Waals surface area contributed by atoms with Crippen molar-refractivity contribution in [3.63, 3.8) is 0 Å². The van der Waals surface area contributed by atoms with Crippen molar-refractivity contribution >= 4 is 28.0 Å². The van der Waals surface area contributed by atoms with E-state index in [9.17, 15) is 13.6 Å². The van der Waals surface area contributed by atoms with Crippen LogP contribution in [0.2, 0.25) is 0 Å². The Balaban J connectivity index is 2.38. The van der Waals surface area contributed by atoms with E-state index in [2.05, 4.69) is 15.9 Å². The fourth-order valence-corrected chi connectivity index (χ4v) is 2.01. The number of para-hydroxylation sites is 1. The summed E-state index contributed by atoms with van der Waals surface area (Å²) < 4.78 is 32.7. The normalized spacial score (nSPS) is 10.8. The van der Waals surface area contributed by atoms with Gasteiger partial charge in [-0.15, -0.1) is 0 Å². The van der Waals surface area contributed by atoms with Crippen LogP contribution in [0, 0.1) is 11.6 Å². The first-order valence-corrected chi connectivity index (χ1v) is 6.59. The molecule has 0 spiro atoms. The number of carboxylic acids is 1. The van der Waals surface area contributed by atoms with Crippen molar-refractivity contribution in [3.8, 4) is 11.5 Å².